The minimum atomic E-state index is -0.445. The molecule has 0 aliphatic heterocycles. The fourth-order valence-corrected chi connectivity index (χ4v) is 1.14. The fourth-order valence-electron chi connectivity index (χ4n) is 1.14. The largest absolute Gasteiger partial charge is 0.394 e. The van der Waals surface area contributed by atoms with E-state index in [4.69, 9.17) is 19.7 Å². The molecular formula is C11H24O4. The van der Waals surface area contributed by atoms with Gasteiger partial charge in [0.05, 0.1) is 38.1 Å². The Bertz CT molecular complexity index is 139. The number of aliphatic hydroxyl groups is 2. The molecule has 4 nitrogen and oxygen atoms in total. The van der Waals surface area contributed by atoms with Crippen LogP contribution in [0.2, 0.25) is 0 Å². The monoisotopic (exact) mass is 220 g/mol. The zero-order valence-corrected chi connectivity index (χ0v) is 9.98. The van der Waals surface area contributed by atoms with Crippen molar-refractivity contribution < 1.29 is 19.7 Å². The number of ether oxygens (including phenoxy) is 2. The molecule has 4 heteroatoms. The second kappa shape index (κ2) is 9.09. The molecule has 92 valence electrons. The molecule has 0 saturated heterocycles. The maximum atomic E-state index is 9.09. The van der Waals surface area contributed by atoms with Crippen LogP contribution in [0.5, 0.6) is 0 Å². The first-order valence-corrected chi connectivity index (χ1v) is 5.62. The molecular weight excluding hydrogens is 196 g/mol. The van der Waals surface area contributed by atoms with Gasteiger partial charge >= 0.3 is 0 Å². The van der Waals surface area contributed by atoms with Crippen LogP contribution in [0.25, 0.3) is 0 Å². The summed E-state index contributed by atoms with van der Waals surface area (Å²) in [6.07, 6.45) is 1.34. The highest BCUT2D eigenvalue weighted by Gasteiger charge is 2.11. The smallest absolute Gasteiger partial charge is 0.0809 e. The predicted octanol–water partition coefficient (Wildman–Crippen LogP) is 0.950. The molecule has 3 unspecified atom stereocenters. The van der Waals surface area contributed by atoms with Gasteiger partial charge in [0, 0.05) is 0 Å². The molecule has 0 aromatic rings. The van der Waals surface area contributed by atoms with Crippen LogP contribution in [0.4, 0.5) is 0 Å². The number of hydrogen-bond donors (Lipinski definition) is 2. The second-order valence-electron chi connectivity index (χ2n) is 3.92. The molecule has 0 rings (SSSR count). The van der Waals surface area contributed by atoms with Crippen LogP contribution >= 0.6 is 0 Å². The van der Waals surface area contributed by atoms with E-state index in [-0.39, 0.29) is 18.8 Å². The van der Waals surface area contributed by atoms with E-state index in [0.717, 1.165) is 12.8 Å². The van der Waals surface area contributed by atoms with Crippen LogP contribution in [0, 0.1) is 0 Å². The SMILES string of the molecule is CCCC(COC(C)CO)OCC(C)O. The van der Waals surface area contributed by atoms with Gasteiger partial charge in [0.1, 0.15) is 0 Å². The third-order valence-corrected chi connectivity index (χ3v) is 2.01. The average Bonchev–Trinajstić information content (AvgIpc) is 2.21. The van der Waals surface area contributed by atoms with Gasteiger partial charge in [0.25, 0.3) is 0 Å². The first-order chi connectivity index (χ1) is 7.10. The first kappa shape index (κ1) is 14.8. The summed E-state index contributed by atoms with van der Waals surface area (Å²) < 4.78 is 10.9. The Labute approximate surface area is 92.2 Å². The minimum absolute atomic E-state index is 0.0126. The van der Waals surface area contributed by atoms with Gasteiger partial charge in [-0.25, -0.2) is 0 Å². The van der Waals surface area contributed by atoms with Gasteiger partial charge < -0.3 is 19.7 Å². The van der Waals surface area contributed by atoms with Crippen molar-refractivity contribution in [2.75, 3.05) is 19.8 Å². The van der Waals surface area contributed by atoms with Gasteiger partial charge in [-0.15, -0.1) is 0 Å². The van der Waals surface area contributed by atoms with Gasteiger partial charge in [-0.2, -0.15) is 0 Å². The van der Waals surface area contributed by atoms with Gasteiger partial charge in [-0.1, -0.05) is 13.3 Å². The topological polar surface area (TPSA) is 58.9 Å². The van der Waals surface area contributed by atoms with Crippen molar-refractivity contribution in [3.8, 4) is 0 Å². The summed E-state index contributed by atoms with van der Waals surface area (Å²) in [5.41, 5.74) is 0. The fraction of sp³-hybridized carbons (Fsp3) is 1.00. The van der Waals surface area contributed by atoms with E-state index in [0.29, 0.717) is 13.2 Å². The van der Waals surface area contributed by atoms with E-state index >= 15 is 0 Å². The van der Waals surface area contributed by atoms with Gasteiger partial charge in [-0.3, -0.25) is 0 Å². The number of hydrogen-bond acceptors (Lipinski definition) is 4. The number of rotatable bonds is 9. The zero-order valence-electron chi connectivity index (χ0n) is 9.98. The molecule has 0 aromatic carbocycles. The molecule has 0 aliphatic carbocycles. The molecule has 0 amide bonds. The van der Waals surface area contributed by atoms with E-state index in [2.05, 4.69) is 6.92 Å². The molecule has 0 heterocycles. The molecule has 0 saturated carbocycles. The molecule has 0 bridgehead atoms. The molecule has 3 atom stereocenters. The van der Waals surface area contributed by atoms with Crippen molar-refractivity contribution in [3.63, 3.8) is 0 Å². The highest BCUT2D eigenvalue weighted by molar-refractivity contribution is 4.59. The Balaban J connectivity index is 3.72. The maximum absolute atomic E-state index is 9.09. The van der Waals surface area contributed by atoms with Crippen LogP contribution in [0.1, 0.15) is 33.6 Å². The lowest BCUT2D eigenvalue weighted by Crippen LogP contribution is -2.27. The van der Waals surface area contributed by atoms with E-state index < -0.39 is 6.10 Å². The second-order valence-corrected chi connectivity index (χ2v) is 3.92. The normalized spacial score (nSPS) is 17.4. The lowest BCUT2D eigenvalue weighted by atomic mass is 10.2. The van der Waals surface area contributed by atoms with Crippen molar-refractivity contribution in [2.24, 2.45) is 0 Å². The lowest BCUT2D eigenvalue weighted by molar-refractivity contribution is -0.0716. The van der Waals surface area contributed by atoms with Gasteiger partial charge in [0.15, 0.2) is 0 Å². The van der Waals surface area contributed by atoms with E-state index in [9.17, 15) is 0 Å². The van der Waals surface area contributed by atoms with Crippen LogP contribution in [0.3, 0.4) is 0 Å². The molecule has 0 radical (unpaired) electrons. The highest BCUT2D eigenvalue weighted by atomic mass is 16.5. The summed E-state index contributed by atoms with van der Waals surface area (Å²) >= 11 is 0. The Morgan fingerprint density at radius 1 is 1.13 bits per heavy atom. The summed E-state index contributed by atoms with van der Waals surface area (Å²) in [7, 11) is 0. The Kier molecular flexibility index (Phi) is 9.00. The van der Waals surface area contributed by atoms with Crippen molar-refractivity contribution in [1.29, 1.82) is 0 Å². The van der Waals surface area contributed by atoms with Crippen LogP contribution in [0.15, 0.2) is 0 Å². The van der Waals surface area contributed by atoms with Crippen LogP contribution in [-0.4, -0.2) is 48.3 Å². The molecule has 0 aromatic heterocycles. The van der Waals surface area contributed by atoms with Gasteiger partial charge in [-0.05, 0) is 20.3 Å². The van der Waals surface area contributed by atoms with Crippen molar-refractivity contribution in [1.82, 2.24) is 0 Å². The molecule has 0 aliphatic rings. The lowest BCUT2D eigenvalue weighted by Gasteiger charge is -2.20. The predicted molar refractivity (Wildman–Crippen MR) is 58.8 cm³/mol. The summed E-state index contributed by atoms with van der Waals surface area (Å²) in [5.74, 6) is 0. The molecule has 0 fully saturated rings. The number of aliphatic hydroxyl groups excluding tert-OH is 2. The zero-order chi connectivity index (χ0) is 11.7. The van der Waals surface area contributed by atoms with Crippen molar-refractivity contribution in [3.05, 3.63) is 0 Å². The quantitative estimate of drug-likeness (QED) is 0.607. The average molecular weight is 220 g/mol. The Hall–Kier alpha value is -0.160. The molecule has 15 heavy (non-hydrogen) atoms. The Morgan fingerprint density at radius 3 is 2.27 bits per heavy atom. The van der Waals surface area contributed by atoms with Crippen molar-refractivity contribution in [2.45, 2.75) is 51.9 Å². The van der Waals surface area contributed by atoms with Gasteiger partial charge in [0.2, 0.25) is 0 Å². The molecule has 2 N–H and O–H groups in total. The standard InChI is InChI=1S/C11H24O4/c1-4-5-11(15-7-9(2)13)8-14-10(3)6-12/h9-13H,4-8H2,1-3H3. The minimum Gasteiger partial charge on any atom is -0.394 e. The van der Waals surface area contributed by atoms with E-state index in [1.807, 2.05) is 6.92 Å². The summed E-state index contributed by atoms with van der Waals surface area (Å²) in [4.78, 5) is 0. The Morgan fingerprint density at radius 2 is 1.80 bits per heavy atom. The highest BCUT2D eigenvalue weighted by Crippen LogP contribution is 2.05. The third kappa shape index (κ3) is 8.81. The maximum Gasteiger partial charge on any atom is 0.0809 e. The summed E-state index contributed by atoms with van der Waals surface area (Å²) in [6, 6.07) is 0. The summed E-state index contributed by atoms with van der Waals surface area (Å²) in [6.45, 7) is 6.42. The van der Waals surface area contributed by atoms with Crippen LogP contribution < -0.4 is 0 Å². The summed E-state index contributed by atoms with van der Waals surface area (Å²) in [5, 5.41) is 17.9. The van der Waals surface area contributed by atoms with Crippen molar-refractivity contribution >= 4 is 0 Å². The van der Waals surface area contributed by atoms with E-state index in [1.165, 1.54) is 0 Å². The van der Waals surface area contributed by atoms with E-state index in [1.54, 1.807) is 6.92 Å². The third-order valence-electron chi connectivity index (χ3n) is 2.01. The molecule has 0 spiro atoms. The van der Waals surface area contributed by atoms with Crippen LogP contribution in [-0.2, 0) is 9.47 Å². The first-order valence-electron chi connectivity index (χ1n) is 5.62.